The van der Waals surface area contributed by atoms with Gasteiger partial charge in [0.15, 0.2) is 0 Å². The van der Waals surface area contributed by atoms with Gasteiger partial charge in [-0.25, -0.2) is 0 Å². The molecule has 9 heavy (non-hydrogen) atoms. The lowest BCUT2D eigenvalue weighted by Gasteiger charge is -1.93. The topological polar surface area (TPSA) is 113 Å². The first-order valence-corrected chi connectivity index (χ1v) is 3.91. The summed E-state index contributed by atoms with van der Waals surface area (Å²) < 4.78 is 47.5. The third-order valence-electron chi connectivity index (χ3n) is 0.211. The molecule has 0 aliphatic carbocycles. The minimum Gasteiger partial charge on any atom is -0.283 e. The zero-order chi connectivity index (χ0) is 7.49. The number of hydrogen-bond donors (Lipinski definition) is 3. The maximum atomic E-state index is 9.61. The van der Waals surface area contributed by atoms with E-state index in [9.17, 15) is 12.6 Å². The molecule has 7 nitrogen and oxygen atoms in total. The molecule has 0 rings (SSSR count). The predicted molar refractivity (Wildman–Crippen MR) is 26.5 cm³/mol. The Morgan fingerprint density at radius 1 is 1.56 bits per heavy atom. The van der Waals surface area contributed by atoms with Crippen molar-refractivity contribution >= 4 is 21.7 Å². The lowest BCUT2D eigenvalue weighted by molar-refractivity contribution is 0.249. The maximum Gasteiger partial charge on any atom is 0.356 e. The second-order valence-corrected chi connectivity index (χ2v) is 2.58. The minimum atomic E-state index is -4.54. The van der Waals surface area contributed by atoms with Crippen LogP contribution in [0.2, 0.25) is 0 Å². The summed E-state index contributed by atoms with van der Waals surface area (Å²) in [4.78, 5) is 0.899. The lowest BCUT2D eigenvalue weighted by Crippen LogP contribution is -2.23. The summed E-state index contributed by atoms with van der Waals surface area (Å²) >= 11 is -2.76. The van der Waals surface area contributed by atoms with Crippen LogP contribution < -0.4 is 4.89 Å². The molecule has 56 valence electrons. The Bertz CT molecular complexity index is 189. The molecule has 0 spiro atoms. The molecule has 0 heterocycles. The monoisotopic (exact) mass is 177 g/mol. The molecule has 0 amide bonds. The summed E-state index contributed by atoms with van der Waals surface area (Å²) in [6.07, 6.45) is 0. The molecule has 0 saturated heterocycles. The van der Waals surface area contributed by atoms with Crippen molar-refractivity contribution in [3.8, 4) is 0 Å². The van der Waals surface area contributed by atoms with Crippen molar-refractivity contribution in [1.82, 2.24) is 4.89 Å². The highest BCUT2D eigenvalue weighted by molar-refractivity contribution is 7.84. The first kappa shape index (κ1) is 8.94. The van der Waals surface area contributed by atoms with Crippen molar-refractivity contribution in [2.45, 2.75) is 0 Å². The van der Waals surface area contributed by atoms with Gasteiger partial charge in [-0.05, 0) is 0 Å². The van der Waals surface area contributed by atoms with Gasteiger partial charge in [-0.2, -0.15) is 16.9 Å². The molecule has 0 radical (unpaired) electrons. The fraction of sp³-hybridized carbons (Fsp3) is 0. The molecule has 1 atom stereocenters. The average molecular weight is 177 g/mol. The highest BCUT2D eigenvalue weighted by atomic mass is 32.2. The smallest absolute Gasteiger partial charge is 0.283 e. The van der Waals surface area contributed by atoms with Crippen molar-refractivity contribution in [1.29, 1.82) is 0 Å². The van der Waals surface area contributed by atoms with Gasteiger partial charge in [0.2, 0.25) is 0 Å². The van der Waals surface area contributed by atoms with E-state index in [0.717, 1.165) is 4.89 Å². The van der Waals surface area contributed by atoms with E-state index in [1.807, 2.05) is 0 Å². The number of hydrogen-bond acceptors (Lipinski definition) is 4. The second kappa shape index (κ2) is 3.20. The van der Waals surface area contributed by atoms with Crippen LogP contribution in [0.1, 0.15) is 0 Å². The Hall–Kier alpha value is -0.0600. The van der Waals surface area contributed by atoms with Crippen LogP contribution in [-0.4, -0.2) is 21.7 Å². The third-order valence-corrected chi connectivity index (χ3v) is 0.836. The van der Waals surface area contributed by atoms with Gasteiger partial charge in [-0.1, -0.05) is 4.89 Å². The molecule has 1 unspecified atom stereocenters. The van der Waals surface area contributed by atoms with Crippen molar-refractivity contribution < 1.29 is 26.0 Å². The first-order chi connectivity index (χ1) is 3.92. The Balaban J connectivity index is 3.67. The van der Waals surface area contributed by atoms with Gasteiger partial charge in [0, 0.05) is 0 Å². The largest absolute Gasteiger partial charge is 0.356 e. The first-order valence-electron chi connectivity index (χ1n) is 1.44. The quantitative estimate of drug-likeness (QED) is 0.273. The van der Waals surface area contributed by atoms with Crippen LogP contribution in [0.5, 0.6) is 0 Å². The fourth-order valence-electron chi connectivity index (χ4n) is 0.0721. The molecule has 0 aliphatic rings. The van der Waals surface area contributed by atoms with E-state index >= 15 is 0 Å². The molecule has 3 N–H and O–H groups in total. The second-order valence-electron chi connectivity index (χ2n) is 0.859. The zero-order valence-electron chi connectivity index (χ0n) is 3.84. The van der Waals surface area contributed by atoms with Crippen LogP contribution in [0.25, 0.3) is 0 Å². The van der Waals surface area contributed by atoms with E-state index in [1.165, 1.54) is 0 Å². The van der Waals surface area contributed by atoms with Crippen LogP contribution >= 0.6 is 0 Å². The van der Waals surface area contributed by atoms with Crippen molar-refractivity contribution in [2.75, 3.05) is 0 Å². The van der Waals surface area contributed by atoms with Crippen LogP contribution in [0, 0.1) is 0 Å². The molecular weight excluding hydrogens is 174 g/mol. The van der Waals surface area contributed by atoms with Crippen molar-refractivity contribution in [3.05, 3.63) is 0 Å². The van der Waals surface area contributed by atoms with Gasteiger partial charge in [-0.3, -0.25) is 9.11 Å². The predicted octanol–water partition coefficient (Wildman–Crippen LogP) is -1.55. The average Bonchev–Trinajstić information content (AvgIpc) is 1.59. The molecule has 0 aliphatic heterocycles. The van der Waals surface area contributed by atoms with Gasteiger partial charge >= 0.3 is 21.7 Å². The van der Waals surface area contributed by atoms with Crippen LogP contribution in [0.15, 0.2) is 0 Å². The van der Waals surface area contributed by atoms with E-state index < -0.39 is 21.7 Å². The van der Waals surface area contributed by atoms with E-state index in [4.69, 9.17) is 9.11 Å². The fourth-order valence-corrected chi connectivity index (χ4v) is 0.649. The number of nitrogens with one attached hydrogen (secondary N) is 1. The number of rotatable bonds is 3. The summed E-state index contributed by atoms with van der Waals surface area (Å²) in [6.45, 7) is 0. The van der Waals surface area contributed by atoms with Crippen molar-refractivity contribution in [3.63, 3.8) is 0 Å². The molecule has 0 aromatic carbocycles. The maximum absolute atomic E-state index is 9.61. The molecule has 0 saturated carbocycles. The summed E-state index contributed by atoms with van der Waals surface area (Å²) in [5, 5.41) is 0. The Labute approximate surface area is 53.3 Å². The van der Waals surface area contributed by atoms with Crippen LogP contribution in [-0.2, 0) is 25.9 Å². The molecule has 9 heteroatoms. The highest BCUT2D eigenvalue weighted by Gasteiger charge is 2.03. The molecule has 0 bridgehead atoms. The normalized spacial score (nSPS) is 15.3. The minimum absolute atomic E-state index is 0.899. The van der Waals surface area contributed by atoms with Crippen molar-refractivity contribution in [2.24, 2.45) is 0 Å². The van der Waals surface area contributed by atoms with Gasteiger partial charge in [-0.15, -0.1) is 0 Å². The van der Waals surface area contributed by atoms with E-state index in [-0.39, 0.29) is 0 Å². The Morgan fingerprint density at radius 3 is 2.11 bits per heavy atom. The Kier molecular flexibility index (Phi) is 3.17. The van der Waals surface area contributed by atoms with E-state index in [0.29, 0.717) is 0 Å². The van der Waals surface area contributed by atoms with Gasteiger partial charge < -0.3 is 0 Å². The molecule has 0 aromatic rings. The summed E-state index contributed by atoms with van der Waals surface area (Å²) in [7, 11) is -4.54. The van der Waals surface area contributed by atoms with Gasteiger partial charge in [0.1, 0.15) is 0 Å². The summed E-state index contributed by atoms with van der Waals surface area (Å²) in [5.74, 6) is 0. The summed E-state index contributed by atoms with van der Waals surface area (Å²) in [5.41, 5.74) is 0. The van der Waals surface area contributed by atoms with Gasteiger partial charge in [0.05, 0.1) is 0 Å². The van der Waals surface area contributed by atoms with E-state index in [1.54, 1.807) is 0 Å². The van der Waals surface area contributed by atoms with Crippen LogP contribution in [0.4, 0.5) is 0 Å². The highest BCUT2D eigenvalue weighted by Crippen LogP contribution is 1.76. The van der Waals surface area contributed by atoms with Crippen LogP contribution in [0.3, 0.4) is 0 Å². The lowest BCUT2D eigenvalue weighted by atomic mass is 13.5. The van der Waals surface area contributed by atoms with Gasteiger partial charge in [0.25, 0.3) is 0 Å². The third kappa shape index (κ3) is 7.94. The Morgan fingerprint density at radius 2 is 2.00 bits per heavy atom. The van der Waals surface area contributed by atoms with E-state index in [2.05, 4.69) is 4.28 Å². The molecule has 0 fully saturated rings. The SMILES string of the molecule is O=S(O)ONS(=O)(=O)O. The molecular formula is H3NO6S2. The molecule has 0 aromatic heterocycles. The summed E-state index contributed by atoms with van der Waals surface area (Å²) in [6, 6.07) is 0. The standard InChI is InChI=1S/H3NO6S2/c2-8(3)7-1-9(4,5)6/h1H,(H,2,3)(H,4,5,6). The zero-order valence-corrected chi connectivity index (χ0v) is 5.48.